The summed E-state index contributed by atoms with van der Waals surface area (Å²) in [6.07, 6.45) is -9.42. The van der Waals surface area contributed by atoms with Crippen LogP contribution in [0.25, 0.3) is 10.2 Å². The molecule has 0 aliphatic rings. The maximum atomic E-state index is 13.5. The first kappa shape index (κ1) is 21.1. The average Bonchev–Trinajstić information content (AvgIpc) is 2.91. The molecule has 1 N–H and O–H groups in total. The van der Waals surface area contributed by atoms with Crippen LogP contribution in [0.1, 0.15) is 41.9 Å². The summed E-state index contributed by atoms with van der Waals surface area (Å²) in [5, 5.41) is 8.41. The molecule has 0 aliphatic heterocycles. The van der Waals surface area contributed by atoms with Crippen LogP contribution in [-0.2, 0) is 13.1 Å². The van der Waals surface area contributed by atoms with E-state index in [0.29, 0.717) is 9.13 Å². The lowest BCUT2D eigenvalue weighted by Gasteiger charge is -2.14. The maximum absolute atomic E-state index is 13.5. The minimum Gasteiger partial charge on any atom is -0.477 e. The van der Waals surface area contributed by atoms with Gasteiger partial charge in [-0.15, -0.1) is 11.3 Å². The Balaban J connectivity index is 2.93. The second-order valence-corrected chi connectivity index (χ2v) is 7.24. The van der Waals surface area contributed by atoms with Gasteiger partial charge in [-0.1, -0.05) is 13.8 Å². The molecule has 0 fully saturated rings. The number of thiophene rings is 1. The number of alkyl halides is 5. The highest BCUT2D eigenvalue weighted by atomic mass is 32.1. The molecule has 0 saturated heterocycles. The fourth-order valence-corrected chi connectivity index (χ4v) is 3.77. The molecular formula is C15H15F5N2O4S. The first-order chi connectivity index (χ1) is 12.3. The van der Waals surface area contributed by atoms with Crippen molar-refractivity contribution in [2.75, 3.05) is 0 Å². The van der Waals surface area contributed by atoms with Gasteiger partial charge < -0.3 is 5.11 Å². The fourth-order valence-electron chi connectivity index (χ4n) is 2.61. The predicted octanol–water partition coefficient (Wildman–Crippen LogP) is 3.47. The van der Waals surface area contributed by atoms with E-state index in [9.17, 15) is 36.3 Å². The van der Waals surface area contributed by atoms with E-state index in [2.05, 4.69) is 0 Å². The molecule has 27 heavy (non-hydrogen) atoms. The van der Waals surface area contributed by atoms with E-state index in [1.165, 1.54) is 0 Å². The second kappa shape index (κ2) is 7.41. The van der Waals surface area contributed by atoms with E-state index in [-0.39, 0.29) is 23.8 Å². The van der Waals surface area contributed by atoms with Crippen LogP contribution in [-0.4, -0.2) is 26.4 Å². The Bertz CT molecular complexity index is 987. The Morgan fingerprint density at radius 2 is 1.78 bits per heavy atom. The third-order valence-corrected chi connectivity index (χ3v) is 4.89. The molecule has 2 aromatic heterocycles. The van der Waals surface area contributed by atoms with Gasteiger partial charge in [-0.25, -0.2) is 18.4 Å². The average molecular weight is 414 g/mol. The van der Waals surface area contributed by atoms with Gasteiger partial charge in [0.2, 0.25) is 0 Å². The minimum atomic E-state index is -4.64. The largest absolute Gasteiger partial charge is 0.477 e. The van der Waals surface area contributed by atoms with Crippen molar-refractivity contribution < 1.29 is 31.9 Å². The SMILES string of the molecule is CC(C)Cn1c(=O)c2c(C(F)F)c(C(=O)O)sc2n(CCC(F)(F)F)c1=O. The van der Waals surface area contributed by atoms with Gasteiger partial charge in [0.15, 0.2) is 0 Å². The fraction of sp³-hybridized carbons (Fsp3) is 0.533. The number of nitrogens with zero attached hydrogens (tertiary/aromatic N) is 2. The highest BCUT2D eigenvalue weighted by Gasteiger charge is 2.32. The highest BCUT2D eigenvalue weighted by molar-refractivity contribution is 7.20. The number of rotatable bonds is 6. The van der Waals surface area contributed by atoms with Crippen molar-refractivity contribution >= 4 is 27.5 Å². The molecule has 0 saturated carbocycles. The van der Waals surface area contributed by atoms with E-state index in [1.807, 2.05) is 0 Å². The quantitative estimate of drug-likeness (QED) is 0.734. The zero-order valence-electron chi connectivity index (χ0n) is 14.1. The first-order valence-corrected chi connectivity index (χ1v) is 8.55. The van der Waals surface area contributed by atoms with Crippen molar-refractivity contribution in [3.8, 4) is 0 Å². The van der Waals surface area contributed by atoms with Crippen molar-refractivity contribution in [3.63, 3.8) is 0 Å². The number of hydrogen-bond acceptors (Lipinski definition) is 4. The van der Waals surface area contributed by atoms with Gasteiger partial charge in [0.1, 0.15) is 9.71 Å². The smallest absolute Gasteiger partial charge is 0.390 e. The van der Waals surface area contributed by atoms with Crippen LogP contribution in [0, 0.1) is 5.92 Å². The van der Waals surface area contributed by atoms with Gasteiger partial charge >= 0.3 is 17.8 Å². The zero-order chi connectivity index (χ0) is 20.7. The van der Waals surface area contributed by atoms with Gasteiger partial charge in [0, 0.05) is 13.1 Å². The Kier molecular flexibility index (Phi) is 5.78. The lowest BCUT2D eigenvalue weighted by molar-refractivity contribution is -0.136. The molecule has 2 rings (SSSR count). The number of carboxylic acid groups (broad SMARTS) is 1. The number of fused-ring (bicyclic) bond motifs is 1. The third kappa shape index (κ3) is 4.20. The molecule has 6 nitrogen and oxygen atoms in total. The molecule has 0 radical (unpaired) electrons. The summed E-state index contributed by atoms with van der Waals surface area (Å²) in [7, 11) is 0. The van der Waals surface area contributed by atoms with E-state index in [0.717, 1.165) is 0 Å². The van der Waals surface area contributed by atoms with Gasteiger partial charge in [-0.05, 0) is 5.92 Å². The summed E-state index contributed by atoms with van der Waals surface area (Å²) < 4.78 is 65.9. The standard InChI is InChI=1S/C15H15F5N2O4S/c1-6(2)5-22-11(23)8-7(10(16)17)9(13(24)25)27-12(8)21(14(22)26)4-3-15(18,19)20/h6,10H,3-5H2,1-2H3,(H,24,25). The van der Waals surface area contributed by atoms with E-state index >= 15 is 0 Å². The lowest BCUT2D eigenvalue weighted by atomic mass is 10.1. The number of halogens is 5. The summed E-state index contributed by atoms with van der Waals surface area (Å²) in [5.41, 5.74) is -3.30. The predicted molar refractivity (Wildman–Crippen MR) is 87.8 cm³/mol. The lowest BCUT2D eigenvalue weighted by Crippen LogP contribution is -2.41. The van der Waals surface area contributed by atoms with Crippen molar-refractivity contribution in [2.24, 2.45) is 5.92 Å². The van der Waals surface area contributed by atoms with Gasteiger partial charge in [0.25, 0.3) is 12.0 Å². The number of aromatic carboxylic acids is 1. The van der Waals surface area contributed by atoms with Crippen LogP contribution in [0.2, 0.25) is 0 Å². The molecule has 0 aliphatic carbocycles. The van der Waals surface area contributed by atoms with Crippen LogP contribution in [0.3, 0.4) is 0 Å². The molecule has 0 unspecified atom stereocenters. The number of hydrogen-bond donors (Lipinski definition) is 1. The molecule has 0 atom stereocenters. The maximum Gasteiger partial charge on any atom is 0.390 e. The monoisotopic (exact) mass is 414 g/mol. The van der Waals surface area contributed by atoms with Gasteiger partial charge in [0.05, 0.1) is 17.4 Å². The third-order valence-electron chi connectivity index (χ3n) is 3.67. The molecule has 12 heteroatoms. The molecular weight excluding hydrogens is 399 g/mol. The topological polar surface area (TPSA) is 81.3 Å². The second-order valence-electron chi connectivity index (χ2n) is 6.24. The summed E-state index contributed by atoms with van der Waals surface area (Å²) in [6, 6.07) is 0. The van der Waals surface area contributed by atoms with E-state index < -0.39 is 63.4 Å². The molecule has 0 amide bonds. The number of aromatic nitrogens is 2. The zero-order valence-corrected chi connectivity index (χ0v) is 15.0. The molecule has 0 aromatic carbocycles. The van der Waals surface area contributed by atoms with Crippen LogP contribution < -0.4 is 11.2 Å². The van der Waals surface area contributed by atoms with Crippen molar-refractivity contribution in [2.45, 2.75) is 46.0 Å². The first-order valence-electron chi connectivity index (χ1n) is 7.73. The summed E-state index contributed by atoms with van der Waals surface area (Å²) >= 11 is 0.196. The Hall–Kier alpha value is -2.24. The molecule has 0 spiro atoms. The number of aryl methyl sites for hydroxylation is 1. The summed E-state index contributed by atoms with van der Waals surface area (Å²) in [6.45, 7) is 2.13. The highest BCUT2D eigenvalue weighted by Crippen LogP contribution is 2.36. The van der Waals surface area contributed by atoms with E-state index in [1.54, 1.807) is 13.8 Å². The Morgan fingerprint density at radius 3 is 2.22 bits per heavy atom. The molecule has 150 valence electrons. The molecule has 0 bridgehead atoms. The van der Waals surface area contributed by atoms with Crippen molar-refractivity contribution in [1.82, 2.24) is 9.13 Å². The minimum absolute atomic E-state index is 0.196. The van der Waals surface area contributed by atoms with Crippen LogP contribution >= 0.6 is 11.3 Å². The molecule has 2 aromatic rings. The van der Waals surface area contributed by atoms with Crippen molar-refractivity contribution in [3.05, 3.63) is 31.3 Å². The number of carboxylic acids is 1. The Labute approximate surface area is 152 Å². The van der Waals surface area contributed by atoms with E-state index in [4.69, 9.17) is 5.11 Å². The van der Waals surface area contributed by atoms with Crippen LogP contribution in [0.15, 0.2) is 9.59 Å². The van der Waals surface area contributed by atoms with Crippen LogP contribution in [0.4, 0.5) is 22.0 Å². The van der Waals surface area contributed by atoms with Crippen LogP contribution in [0.5, 0.6) is 0 Å². The summed E-state index contributed by atoms with van der Waals surface area (Å²) in [4.78, 5) is 35.1. The normalized spacial score (nSPS) is 12.5. The van der Waals surface area contributed by atoms with Gasteiger partial charge in [-0.3, -0.25) is 13.9 Å². The van der Waals surface area contributed by atoms with Gasteiger partial charge in [-0.2, -0.15) is 13.2 Å². The Morgan fingerprint density at radius 1 is 1.19 bits per heavy atom. The summed E-state index contributed by atoms with van der Waals surface area (Å²) in [5.74, 6) is -2.03. The van der Waals surface area contributed by atoms with Crippen molar-refractivity contribution in [1.29, 1.82) is 0 Å². The number of carbonyl (C=O) groups is 1. The molecule has 2 heterocycles.